The number of carbonyl (C=O) groups excluding carboxylic acids is 2. The highest BCUT2D eigenvalue weighted by Gasteiger charge is 2.34. The maximum Gasteiger partial charge on any atom is 0.228 e. The van der Waals surface area contributed by atoms with E-state index in [9.17, 15) is 14.7 Å². The normalized spacial score (nSPS) is 19.0. The first-order valence-electron chi connectivity index (χ1n) is 8.35. The number of amides is 2. The van der Waals surface area contributed by atoms with Crippen LogP contribution in [0.3, 0.4) is 0 Å². The Balaban J connectivity index is 1.72. The molecule has 0 spiro atoms. The molecule has 5 nitrogen and oxygen atoms in total. The van der Waals surface area contributed by atoms with Crippen LogP contribution < -0.4 is 10.6 Å². The van der Waals surface area contributed by atoms with E-state index in [0.717, 1.165) is 4.47 Å². The summed E-state index contributed by atoms with van der Waals surface area (Å²) in [5.41, 5.74) is 1.03. The highest BCUT2D eigenvalue weighted by atomic mass is 79.9. The van der Waals surface area contributed by atoms with E-state index < -0.39 is 11.8 Å². The Hall–Kier alpha value is -2.60. The maximum absolute atomic E-state index is 12.7. The second kappa shape index (κ2) is 8.19. The lowest BCUT2D eigenvalue weighted by Gasteiger charge is -2.26. The van der Waals surface area contributed by atoms with Gasteiger partial charge in [0.05, 0.1) is 17.5 Å². The van der Waals surface area contributed by atoms with Gasteiger partial charge in [-0.25, -0.2) is 0 Å². The van der Waals surface area contributed by atoms with Gasteiger partial charge in [-0.05, 0) is 49.2 Å². The molecule has 0 saturated heterocycles. The lowest BCUT2D eigenvalue weighted by molar-refractivity contribution is -0.129. The van der Waals surface area contributed by atoms with E-state index >= 15 is 0 Å². The Labute approximate surface area is 160 Å². The third kappa shape index (κ3) is 4.32. The van der Waals surface area contributed by atoms with Crippen LogP contribution in [0.25, 0.3) is 0 Å². The van der Waals surface area contributed by atoms with Gasteiger partial charge in [-0.1, -0.05) is 40.2 Å². The van der Waals surface area contributed by atoms with Crippen LogP contribution in [0.1, 0.15) is 12.8 Å². The quantitative estimate of drug-likeness (QED) is 0.514. The Morgan fingerprint density at radius 2 is 1.46 bits per heavy atom. The number of hydrogen-bond acceptors (Lipinski definition) is 3. The predicted molar refractivity (Wildman–Crippen MR) is 105 cm³/mol. The molecule has 0 bridgehead atoms. The lowest BCUT2D eigenvalue weighted by Crippen LogP contribution is -2.37. The zero-order valence-corrected chi connectivity index (χ0v) is 15.6. The van der Waals surface area contributed by atoms with Gasteiger partial charge >= 0.3 is 0 Å². The summed E-state index contributed by atoms with van der Waals surface area (Å²) in [6.07, 6.45) is 4.83. The van der Waals surface area contributed by atoms with Gasteiger partial charge in [0.2, 0.25) is 11.8 Å². The first kappa shape index (κ1) is 18.2. The van der Waals surface area contributed by atoms with Gasteiger partial charge in [0.15, 0.2) is 0 Å². The SMILES string of the molecule is O=C(Nc1ccc(Br)cc1)C1CC=CCC1C(=O)Nc1ccccc1O. The van der Waals surface area contributed by atoms with Crippen LogP contribution in [0, 0.1) is 11.8 Å². The van der Waals surface area contributed by atoms with Crippen LogP contribution in [0.4, 0.5) is 11.4 Å². The molecule has 2 atom stereocenters. The van der Waals surface area contributed by atoms with E-state index in [1.54, 1.807) is 30.3 Å². The minimum absolute atomic E-state index is 0.00284. The van der Waals surface area contributed by atoms with Crippen molar-refractivity contribution in [1.29, 1.82) is 0 Å². The van der Waals surface area contributed by atoms with Crippen molar-refractivity contribution in [3.63, 3.8) is 0 Å². The largest absolute Gasteiger partial charge is 0.506 e. The van der Waals surface area contributed by atoms with Crippen molar-refractivity contribution in [1.82, 2.24) is 0 Å². The van der Waals surface area contributed by atoms with Crippen molar-refractivity contribution < 1.29 is 14.7 Å². The Kier molecular flexibility index (Phi) is 5.73. The number of anilines is 2. The first-order valence-corrected chi connectivity index (χ1v) is 9.14. The number of para-hydroxylation sites is 2. The molecule has 0 heterocycles. The molecule has 3 N–H and O–H groups in total. The molecule has 0 fully saturated rings. The third-order valence-corrected chi connectivity index (χ3v) is 4.91. The van der Waals surface area contributed by atoms with Gasteiger partial charge in [0.1, 0.15) is 5.75 Å². The summed E-state index contributed by atoms with van der Waals surface area (Å²) in [5, 5.41) is 15.4. The molecule has 2 amide bonds. The van der Waals surface area contributed by atoms with E-state index in [1.165, 1.54) is 6.07 Å². The van der Waals surface area contributed by atoms with Crippen LogP contribution in [-0.2, 0) is 9.59 Å². The highest BCUT2D eigenvalue weighted by molar-refractivity contribution is 9.10. The van der Waals surface area contributed by atoms with Gasteiger partial charge in [-0.3, -0.25) is 9.59 Å². The molecule has 3 rings (SSSR count). The van der Waals surface area contributed by atoms with Gasteiger partial charge in [0, 0.05) is 10.2 Å². The maximum atomic E-state index is 12.7. The number of hydrogen-bond donors (Lipinski definition) is 3. The van der Waals surface area contributed by atoms with Crippen molar-refractivity contribution in [2.45, 2.75) is 12.8 Å². The number of phenols is 1. The minimum atomic E-state index is -0.491. The van der Waals surface area contributed by atoms with Gasteiger partial charge < -0.3 is 15.7 Å². The van der Waals surface area contributed by atoms with Crippen molar-refractivity contribution in [2.24, 2.45) is 11.8 Å². The molecule has 2 aromatic carbocycles. The summed E-state index contributed by atoms with van der Waals surface area (Å²) in [6, 6.07) is 13.8. The topological polar surface area (TPSA) is 78.4 Å². The third-order valence-electron chi connectivity index (χ3n) is 4.38. The fourth-order valence-corrected chi connectivity index (χ4v) is 3.23. The molecule has 26 heavy (non-hydrogen) atoms. The summed E-state index contributed by atoms with van der Waals surface area (Å²) in [5.74, 6) is -1.41. The molecule has 0 saturated carbocycles. The average Bonchev–Trinajstić information content (AvgIpc) is 2.65. The Morgan fingerprint density at radius 3 is 2.08 bits per heavy atom. The molecule has 0 radical (unpaired) electrons. The fraction of sp³-hybridized carbons (Fsp3) is 0.200. The summed E-state index contributed by atoms with van der Waals surface area (Å²) in [4.78, 5) is 25.4. The summed E-state index contributed by atoms with van der Waals surface area (Å²) < 4.78 is 0.927. The number of carbonyl (C=O) groups is 2. The monoisotopic (exact) mass is 414 g/mol. The minimum Gasteiger partial charge on any atom is -0.506 e. The highest BCUT2D eigenvalue weighted by Crippen LogP contribution is 2.30. The van der Waals surface area contributed by atoms with Gasteiger partial charge in [0.25, 0.3) is 0 Å². The van der Waals surface area contributed by atoms with E-state index in [2.05, 4.69) is 26.6 Å². The van der Waals surface area contributed by atoms with Crippen LogP contribution >= 0.6 is 15.9 Å². The standard InChI is InChI=1S/C20H19BrN2O3/c21-13-9-11-14(12-10-13)22-19(25)15-5-1-2-6-16(15)20(26)23-17-7-3-4-8-18(17)24/h1-4,7-12,15-16,24H,5-6H2,(H,22,25)(H,23,26). The molecular formula is C20H19BrN2O3. The van der Waals surface area contributed by atoms with Crippen molar-refractivity contribution in [2.75, 3.05) is 10.6 Å². The van der Waals surface area contributed by atoms with Crippen LogP contribution in [0.15, 0.2) is 65.2 Å². The van der Waals surface area contributed by atoms with Gasteiger partial charge in [-0.15, -0.1) is 0 Å². The molecule has 0 aliphatic heterocycles. The molecule has 2 aromatic rings. The fourth-order valence-electron chi connectivity index (χ4n) is 2.97. The number of aromatic hydroxyl groups is 1. The smallest absolute Gasteiger partial charge is 0.228 e. The number of benzene rings is 2. The number of rotatable bonds is 4. The second-order valence-electron chi connectivity index (χ2n) is 6.16. The van der Waals surface area contributed by atoms with Crippen molar-refractivity contribution in [3.8, 4) is 5.75 Å². The number of phenolic OH excluding ortho intramolecular Hbond substituents is 1. The molecule has 134 valence electrons. The first-order chi connectivity index (χ1) is 12.5. The van der Waals surface area contributed by atoms with Crippen molar-refractivity contribution >= 4 is 39.1 Å². The molecule has 1 aliphatic carbocycles. The second-order valence-corrected chi connectivity index (χ2v) is 7.07. The molecular weight excluding hydrogens is 396 g/mol. The van der Waals surface area contributed by atoms with Crippen LogP contribution in [-0.4, -0.2) is 16.9 Å². The van der Waals surface area contributed by atoms with E-state index in [0.29, 0.717) is 24.2 Å². The summed E-state index contributed by atoms with van der Waals surface area (Å²) in [6.45, 7) is 0. The molecule has 2 unspecified atom stereocenters. The van der Waals surface area contributed by atoms with Crippen molar-refractivity contribution in [3.05, 3.63) is 65.2 Å². The van der Waals surface area contributed by atoms with E-state index in [1.807, 2.05) is 24.3 Å². The van der Waals surface area contributed by atoms with Crippen LogP contribution in [0.5, 0.6) is 5.75 Å². The Morgan fingerprint density at radius 1 is 0.885 bits per heavy atom. The average molecular weight is 415 g/mol. The van der Waals surface area contributed by atoms with E-state index in [-0.39, 0.29) is 17.6 Å². The van der Waals surface area contributed by atoms with Crippen LogP contribution in [0.2, 0.25) is 0 Å². The number of allylic oxidation sites excluding steroid dienone is 2. The molecule has 0 aromatic heterocycles. The van der Waals surface area contributed by atoms with E-state index in [4.69, 9.17) is 0 Å². The molecule has 1 aliphatic rings. The number of halogens is 1. The summed E-state index contributed by atoms with van der Waals surface area (Å²) in [7, 11) is 0. The van der Waals surface area contributed by atoms with Gasteiger partial charge in [-0.2, -0.15) is 0 Å². The summed E-state index contributed by atoms with van der Waals surface area (Å²) >= 11 is 3.36. The zero-order valence-electron chi connectivity index (χ0n) is 14.0. The number of nitrogens with one attached hydrogen (secondary N) is 2. The Bertz CT molecular complexity index is 833. The zero-order chi connectivity index (χ0) is 18.5. The predicted octanol–water partition coefficient (Wildman–Crippen LogP) is 4.31. The molecule has 6 heteroatoms. The lowest BCUT2D eigenvalue weighted by atomic mass is 9.81.